The summed E-state index contributed by atoms with van der Waals surface area (Å²) in [5.74, 6) is 7.75. The minimum absolute atomic E-state index is 0.105. The van der Waals surface area contributed by atoms with E-state index in [0.717, 1.165) is 53.8 Å². The van der Waals surface area contributed by atoms with Crippen molar-refractivity contribution < 1.29 is 24.2 Å². The maximum Gasteiger partial charge on any atom is 0.334 e. The normalized spacial score (nSPS) is 15.3. The second-order valence-electron chi connectivity index (χ2n) is 12.5. The van der Waals surface area contributed by atoms with Gasteiger partial charge in [0.1, 0.15) is 12.7 Å². The Labute approximate surface area is 263 Å². The van der Waals surface area contributed by atoms with Crippen LogP contribution in [0.2, 0.25) is 0 Å². The first-order chi connectivity index (χ1) is 21.1. The van der Waals surface area contributed by atoms with Gasteiger partial charge in [-0.3, -0.25) is 4.79 Å². The summed E-state index contributed by atoms with van der Waals surface area (Å²) >= 11 is 0. The van der Waals surface area contributed by atoms with Gasteiger partial charge in [-0.2, -0.15) is 0 Å². The number of benzene rings is 3. The minimum atomic E-state index is -0.398. The molecule has 4 rings (SSSR count). The molecule has 0 spiro atoms. The lowest BCUT2D eigenvalue weighted by Gasteiger charge is -2.19. The summed E-state index contributed by atoms with van der Waals surface area (Å²) in [6, 6.07) is 20.6. The third kappa shape index (κ3) is 11.3. The third-order valence-corrected chi connectivity index (χ3v) is 7.65. The Morgan fingerprint density at radius 3 is 2.23 bits per heavy atom. The van der Waals surface area contributed by atoms with E-state index in [1.165, 1.54) is 5.56 Å². The lowest BCUT2D eigenvalue weighted by Crippen LogP contribution is -2.18. The zero-order valence-electron chi connectivity index (χ0n) is 27.2. The number of aliphatic hydroxyl groups is 1. The molecular weight excluding hydrogens is 548 g/mol. The standard InChI is InChI=1S/C38H44O4.CH4O/c1-26(2)20-32(21-27(3)4)14-18-35-24-36(42-38(35)40)25-41-37(39)19-15-31-13-17-33-22-30(12-16-34(33)23-31)11-10-29-8-6-28(5)7-9-29;1-2/h6-9,12-13,16-18,22-23,26-27,32,36H,14-15,19-21,24-25H2,1-5H3;2H,1H3/b35-18+;. The number of hydrogen-bond acceptors (Lipinski definition) is 5. The molecule has 1 saturated heterocycles. The van der Waals surface area contributed by atoms with E-state index in [0.29, 0.717) is 36.2 Å². The molecule has 0 aromatic heterocycles. The molecule has 5 nitrogen and oxygen atoms in total. The van der Waals surface area contributed by atoms with Crippen LogP contribution in [0.25, 0.3) is 10.8 Å². The van der Waals surface area contributed by atoms with E-state index >= 15 is 0 Å². The lowest BCUT2D eigenvalue weighted by molar-refractivity contribution is -0.152. The van der Waals surface area contributed by atoms with Crippen LogP contribution in [0.3, 0.4) is 0 Å². The molecule has 0 radical (unpaired) electrons. The van der Waals surface area contributed by atoms with Crippen LogP contribution in [-0.4, -0.2) is 36.9 Å². The molecule has 1 aliphatic heterocycles. The maximum atomic E-state index is 12.5. The number of carbonyl (C=O) groups is 2. The van der Waals surface area contributed by atoms with Crippen LogP contribution in [0.4, 0.5) is 0 Å². The van der Waals surface area contributed by atoms with Crippen molar-refractivity contribution in [2.45, 2.75) is 79.2 Å². The SMILES string of the molecule is CO.Cc1ccc(C#Cc2ccc3cc(CCC(=O)OCC4C/C(=C\CC(CC(C)C)CC(C)C)C(=O)O4)ccc3c2)cc1. The molecule has 234 valence electrons. The quantitative estimate of drug-likeness (QED) is 0.138. The Kier molecular flexibility index (Phi) is 13.7. The maximum absolute atomic E-state index is 12.5. The molecule has 3 aromatic rings. The fourth-order valence-corrected chi connectivity index (χ4v) is 5.60. The van der Waals surface area contributed by atoms with E-state index in [1.54, 1.807) is 0 Å². The average molecular weight is 597 g/mol. The largest absolute Gasteiger partial charge is 0.462 e. The summed E-state index contributed by atoms with van der Waals surface area (Å²) in [5.41, 5.74) is 4.98. The molecule has 5 heteroatoms. The number of fused-ring (bicyclic) bond motifs is 1. The lowest BCUT2D eigenvalue weighted by atomic mass is 9.86. The summed E-state index contributed by atoms with van der Waals surface area (Å²) in [6.45, 7) is 11.1. The molecule has 0 bridgehead atoms. The van der Waals surface area contributed by atoms with Gasteiger partial charge >= 0.3 is 11.9 Å². The fraction of sp³-hybridized carbons (Fsp3) is 0.436. The molecule has 1 aliphatic rings. The first-order valence-electron chi connectivity index (χ1n) is 15.8. The molecule has 0 aliphatic carbocycles. The molecule has 1 heterocycles. The van der Waals surface area contributed by atoms with Crippen molar-refractivity contribution in [3.05, 3.63) is 94.6 Å². The number of rotatable bonds is 11. The topological polar surface area (TPSA) is 72.8 Å². The number of ether oxygens (including phenoxy) is 2. The van der Waals surface area contributed by atoms with Gasteiger partial charge in [0.15, 0.2) is 0 Å². The van der Waals surface area contributed by atoms with E-state index in [-0.39, 0.29) is 25.0 Å². The van der Waals surface area contributed by atoms with E-state index in [4.69, 9.17) is 14.6 Å². The summed E-state index contributed by atoms with van der Waals surface area (Å²) in [5, 5.41) is 9.23. The van der Waals surface area contributed by atoms with Crippen molar-refractivity contribution in [3.63, 3.8) is 0 Å². The first kappa shape index (κ1) is 34.6. The van der Waals surface area contributed by atoms with Crippen molar-refractivity contribution in [3.8, 4) is 11.8 Å². The Hall–Kier alpha value is -3.88. The summed E-state index contributed by atoms with van der Waals surface area (Å²) < 4.78 is 11.0. The van der Waals surface area contributed by atoms with Gasteiger partial charge in [0, 0.05) is 36.7 Å². The molecule has 3 aromatic carbocycles. The Morgan fingerprint density at radius 1 is 0.932 bits per heavy atom. The number of esters is 2. The van der Waals surface area contributed by atoms with Crippen LogP contribution in [-0.2, 0) is 25.5 Å². The second kappa shape index (κ2) is 17.4. The van der Waals surface area contributed by atoms with Gasteiger partial charge in [0.25, 0.3) is 0 Å². The molecule has 1 unspecified atom stereocenters. The van der Waals surface area contributed by atoms with Crippen LogP contribution in [0.1, 0.15) is 82.1 Å². The van der Waals surface area contributed by atoms with E-state index < -0.39 is 6.10 Å². The number of allylic oxidation sites excluding steroid dienone is 1. The van der Waals surface area contributed by atoms with Gasteiger partial charge in [0.2, 0.25) is 0 Å². The second-order valence-corrected chi connectivity index (χ2v) is 12.5. The van der Waals surface area contributed by atoms with Gasteiger partial charge in [0.05, 0.1) is 0 Å². The summed E-state index contributed by atoms with van der Waals surface area (Å²) in [6.07, 6.45) is 6.22. The predicted molar refractivity (Wildman–Crippen MR) is 178 cm³/mol. The van der Waals surface area contributed by atoms with Gasteiger partial charge in [-0.25, -0.2) is 4.79 Å². The van der Waals surface area contributed by atoms with Crippen LogP contribution in [0.15, 0.2) is 72.3 Å². The molecule has 44 heavy (non-hydrogen) atoms. The van der Waals surface area contributed by atoms with Crippen molar-refractivity contribution >= 4 is 22.7 Å². The Balaban J connectivity index is 0.00000259. The number of carbonyl (C=O) groups excluding carboxylic acids is 2. The highest BCUT2D eigenvalue weighted by Gasteiger charge is 2.30. The van der Waals surface area contributed by atoms with Gasteiger partial charge in [-0.15, -0.1) is 0 Å². The number of hydrogen-bond donors (Lipinski definition) is 1. The first-order valence-corrected chi connectivity index (χ1v) is 15.8. The molecule has 1 fully saturated rings. The highest BCUT2D eigenvalue weighted by atomic mass is 16.6. The summed E-state index contributed by atoms with van der Waals surface area (Å²) in [7, 11) is 1.00. The number of cyclic esters (lactones) is 1. The Bertz CT molecular complexity index is 1460. The van der Waals surface area contributed by atoms with Crippen molar-refractivity contribution in [2.75, 3.05) is 13.7 Å². The van der Waals surface area contributed by atoms with E-state index in [2.05, 4.69) is 95.0 Å². The summed E-state index contributed by atoms with van der Waals surface area (Å²) in [4.78, 5) is 24.9. The minimum Gasteiger partial charge on any atom is -0.462 e. The number of aliphatic hydroxyl groups excluding tert-OH is 1. The Morgan fingerprint density at radius 2 is 1.55 bits per heavy atom. The third-order valence-electron chi connectivity index (χ3n) is 7.65. The van der Waals surface area contributed by atoms with Gasteiger partial charge < -0.3 is 14.6 Å². The van der Waals surface area contributed by atoms with Gasteiger partial charge in [-0.05, 0) is 91.0 Å². The zero-order valence-corrected chi connectivity index (χ0v) is 27.2. The molecule has 0 amide bonds. The molecule has 1 atom stereocenters. The molecule has 1 N–H and O–H groups in total. The highest BCUT2D eigenvalue weighted by molar-refractivity contribution is 5.90. The van der Waals surface area contributed by atoms with E-state index in [1.807, 2.05) is 18.2 Å². The number of aryl methyl sites for hydroxylation is 2. The van der Waals surface area contributed by atoms with Crippen LogP contribution >= 0.6 is 0 Å². The van der Waals surface area contributed by atoms with Crippen LogP contribution in [0, 0.1) is 36.5 Å². The smallest absolute Gasteiger partial charge is 0.334 e. The van der Waals surface area contributed by atoms with Crippen molar-refractivity contribution in [1.82, 2.24) is 0 Å². The van der Waals surface area contributed by atoms with Gasteiger partial charge in [-0.1, -0.05) is 87.6 Å². The molecule has 0 saturated carbocycles. The van der Waals surface area contributed by atoms with Crippen molar-refractivity contribution in [1.29, 1.82) is 0 Å². The zero-order chi connectivity index (χ0) is 32.1. The average Bonchev–Trinajstić information content (AvgIpc) is 3.36. The highest BCUT2D eigenvalue weighted by Crippen LogP contribution is 2.27. The van der Waals surface area contributed by atoms with E-state index in [9.17, 15) is 9.59 Å². The monoisotopic (exact) mass is 596 g/mol. The van der Waals surface area contributed by atoms with Crippen molar-refractivity contribution in [2.24, 2.45) is 17.8 Å². The molecular formula is C39H48O5. The predicted octanol–water partition coefficient (Wildman–Crippen LogP) is 7.97. The van der Waals surface area contributed by atoms with Crippen LogP contribution < -0.4 is 0 Å². The fourth-order valence-electron chi connectivity index (χ4n) is 5.60. The van der Waals surface area contributed by atoms with Crippen LogP contribution in [0.5, 0.6) is 0 Å².